The number of imidazole rings is 1. The lowest BCUT2D eigenvalue weighted by Crippen LogP contribution is -2.25. The zero-order valence-electron chi connectivity index (χ0n) is 12.2. The van der Waals surface area contributed by atoms with Gasteiger partial charge in [-0.05, 0) is 25.3 Å². The summed E-state index contributed by atoms with van der Waals surface area (Å²) in [6, 6.07) is 8.97. The molecule has 0 bridgehead atoms. The number of hydrogen-bond acceptors (Lipinski definition) is 3. The van der Waals surface area contributed by atoms with Crippen molar-refractivity contribution in [1.29, 1.82) is 0 Å². The number of benzene rings is 1. The van der Waals surface area contributed by atoms with Crippen molar-refractivity contribution in [1.82, 2.24) is 9.55 Å². The first-order chi connectivity index (χ1) is 9.76. The van der Waals surface area contributed by atoms with Crippen molar-refractivity contribution in [2.45, 2.75) is 30.4 Å². The van der Waals surface area contributed by atoms with Crippen LogP contribution in [0.1, 0.15) is 17.5 Å². The molecule has 5 heteroatoms. The van der Waals surface area contributed by atoms with Crippen LogP contribution in [0.4, 0.5) is 0 Å². The number of rotatable bonds is 5. The van der Waals surface area contributed by atoms with Crippen molar-refractivity contribution in [3.05, 3.63) is 54.1 Å². The highest BCUT2D eigenvalue weighted by Crippen LogP contribution is 2.48. The fraction of sp³-hybridized carbons (Fsp3) is 0.438. The molecule has 1 aromatic heterocycles. The van der Waals surface area contributed by atoms with Gasteiger partial charge in [-0.1, -0.05) is 29.8 Å². The average Bonchev–Trinajstić information content (AvgIpc) is 3.11. The maximum atomic E-state index is 4.17. The molecule has 0 unspecified atom stereocenters. The van der Waals surface area contributed by atoms with Crippen LogP contribution >= 0.6 is 35.9 Å². The molecule has 1 fully saturated rings. The second-order valence-corrected chi connectivity index (χ2v) is 8.54. The van der Waals surface area contributed by atoms with Gasteiger partial charge in [-0.15, -0.1) is 35.9 Å². The highest BCUT2D eigenvalue weighted by molar-refractivity contribution is 8.21. The molecule has 0 spiro atoms. The van der Waals surface area contributed by atoms with E-state index >= 15 is 0 Å². The molecular formula is C16H21ClN2S2. The average molecular weight is 341 g/mol. The molecule has 1 saturated heterocycles. The molecule has 0 atom stereocenters. The van der Waals surface area contributed by atoms with Crippen LogP contribution in [-0.2, 0) is 13.0 Å². The van der Waals surface area contributed by atoms with Crippen molar-refractivity contribution >= 4 is 35.9 Å². The molecule has 1 aliphatic rings. The van der Waals surface area contributed by atoms with Gasteiger partial charge in [0.2, 0.25) is 0 Å². The Hall–Kier alpha value is -0.580. The summed E-state index contributed by atoms with van der Waals surface area (Å²) in [6.45, 7) is 3.21. The molecule has 0 amide bonds. The number of halogens is 1. The normalized spacial score (nSPS) is 16.6. The molecule has 0 aliphatic carbocycles. The second kappa shape index (κ2) is 7.61. The van der Waals surface area contributed by atoms with Gasteiger partial charge in [-0.3, -0.25) is 0 Å². The minimum absolute atomic E-state index is 0. The molecular weight excluding hydrogens is 320 g/mol. The summed E-state index contributed by atoms with van der Waals surface area (Å²) in [5.74, 6) is 2.54. The summed E-state index contributed by atoms with van der Waals surface area (Å²) in [4.78, 5) is 4.17. The van der Waals surface area contributed by atoms with Gasteiger partial charge in [0.05, 0.1) is 10.4 Å². The molecule has 2 nitrogen and oxygen atoms in total. The molecule has 0 radical (unpaired) electrons. The molecule has 0 N–H and O–H groups in total. The predicted molar refractivity (Wildman–Crippen MR) is 96.6 cm³/mol. The van der Waals surface area contributed by atoms with E-state index < -0.39 is 0 Å². The standard InChI is InChI=1S/C16H20N2S2.ClH/c1-14-2-4-15(5-3-14)6-7-16(19-10-11-20-16)12-18-9-8-17-13-18;/h2-5,8-9,13H,6-7,10-12H2,1H3;1H. The van der Waals surface area contributed by atoms with Gasteiger partial charge >= 0.3 is 0 Å². The molecule has 1 aliphatic heterocycles. The SMILES string of the molecule is Cc1ccc(CCC2(Cn3ccnc3)SCCS2)cc1.Cl. The topological polar surface area (TPSA) is 17.8 Å². The molecule has 1 aromatic carbocycles. The number of aromatic nitrogens is 2. The van der Waals surface area contributed by atoms with Gasteiger partial charge in [0.15, 0.2) is 0 Å². The number of hydrogen-bond donors (Lipinski definition) is 0. The number of thioether (sulfide) groups is 2. The van der Waals surface area contributed by atoms with Crippen molar-refractivity contribution in [3.63, 3.8) is 0 Å². The molecule has 21 heavy (non-hydrogen) atoms. The Morgan fingerprint density at radius 1 is 1.19 bits per heavy atom. The van der Waals surface area contributed by atoms with Crippen LogP contribution in [-0.4, -0.2) is 25.1 Å². The van der Waals surface area contributed by atoms with Crippen molar-refractivity contribution in [2.24, 2.45) is 0 Å². The van der Waals surface area contributed by atoms with Gasteiger partial charge in [0.1, 0.15) is 0 Å². The Kier molecular flexibility index (Phi) is 6.08. The minimum Gasteiger partial charge on any atom is -0.335 e. The van der Waals surface area contributed by atoms with E-state index in [2.05, 4.69) is 70.5 Å². The van der Waals surface area contributed by atoms with E-state index in [1.807, 2.05) is 12.5 Å². The minimum atomic E-state index is 0. The second-order valence-electron chi connectivity index (χ2n) is 5.33. The van der Waals surface area contributed by atoms with E-state index in [0.29, 0.717) is 4.08 Å². The van der Waals surface area contributed by atoms with E-state index in [1.54, 1.807) is 0 Å². The van der Waals surface area contributed by atoms with Gasteiger partial charge < -0.3 is 4.57 Å². The lowest BCUT2D eigenvalue weighted by atomic mass is 10.1. The first kappa shape index (κ1) is 16.8. The van der Waals surface area contributed by atoms with Crippen LogP contribution in [0.25, 0.3) is 0 Å². The van der Waals surface area contributed by atoms with Crippen LogP contribution in [0.15, 0.2) is 43.0 Å². The van der Waals surface area contributed by atoms with E-state index in [-0.39, 0.29) is 12.4 Å². The summed E-state index contributed by atoms with van der Waals surface area (Å²) in [5, 5.41) is 0. The molecule has 2 aromatic rings. The van der Waals surface area contributed by atoms with Crippen LogP contribution < -0.4 is 0 Å². The Morgan fingerprint density at radius 2 is 1.90 bits per heavy atom. The summed E-state index contributed by atoms with van der Waals surface area (Å²) in [7, 11) is 0. The van der Waals surface area contributed by atoms with E-state index in [1.165, 1.54) is 29.1 Å². The summed E-state index contributed by atoms with van der Waals surface area (Å²) >= 11 is 4.25. The zero-order valence-corrected chi connectivity index (χ0v) is 14.6. The van der Waals surface area contributed by atoms with E-state index in [0.717, 1.165) is 13.0 Å². The quantitative estimate of drug-likeness (QED) is 0.802. The van der Waals surface area contributed by atoms with Crippen LogP contribution in [0.2, 0.25) is 0 Å². The van der Waals surface area contributed by atoms with Gasteiger partial charge in [-0.2, -0.15) is 0 Å². The monoisotopic (exact) mass is 340 g/mol. The Bertz CT molecular complexity index is 534. The lowest BCUT2D eigenvalue weighted by molar-refractivity contribution is 0.592. The zero-order chi connectivity index (χ0) is 13.8. The van der Waals surface area contributed by atoms with Crippen LogP contribution in [0.3, 0.4) is 0 Å². The maximum Gasteiger partial charge on any atom is 0.0946 e. The van der Waals surface area contributed by atoms with Crippen LogP contribution in [0, 0.1) is 6.92 Å². The molecule has 0 saturated carbocycles. The number of aryl methyl sites for hydroxylation is 2. The highest BCUT2D eigenvalue weighted by atomic mass is 35.5. The fourth-order valence-corrected chi connectivity index (χ4v) is 5.78. The molecule has 2 heterocycles. The largest absolute Gasteiger partial charge is 0.335 e. The molecule has 114 valence electrons. The lowest BCUT2D eigenvalue weighted by Gasteiger charge is -2.27. The third-order valence-electron chi connectivity index (χ3n) is 3.71. The van der Waals surface area contributed by atoms with Crippen molar-refractivity contribution in [2.75, 3.05) is 11.5 Å². The first-order valence-electron chi connectivity index (χ1n) is 7.05. The third kappa shape index (κ3) is 4.44. The Morgan fingerprint density at radius 3 is 2.52 bits per heavy atom. The number of nitrogens with zero attached hydrogens (tertiary/aromatic N) is 2. The fourth-order valence-electron chi connectivity index (χ4n) is 2.56. The third-order valence-corrected chi connectivity index (χ3v) is 7.21. The summed E-state index contributed by atoms with van der Waals surface area (Å²) < 4.78 is 2.55. The van der Waals surface area contributed by atoms with E-state index in [4.69, 9.17) is 0 Å². The highest BCUT2D eigenvalue weighted by Gasteiger charge is 2.35. The smallest absolute Gasteiger partial charge is 0.0946 e. The van der Waals surface area contributed by atoms with Crippen LogP contribution in [0.5, 0.6) is 0 Å². The van der Waals surface area contributed by atoms with Gasteiger partial charge in [-0.25, -0.2) is 4.98 Å². The molecule has 3 rings (SSSR count). The first-order valence-corrected chi connectivity index (χ1v) is 9.02. The van der Waals surface area contributed by atoms with Gasteiger partial charge in [0, 0.05) is 30.4 Å². The van der Waals surface area contributed by atoms with Gasteiger partial charge in [0.25, 0.3) is 0 Å². The summed E-state index contributed by atoms with van der Waals surface area (Å²) in [6.07, 6.45) is 8.27. The van der Waals surface area contributed by atoms with Crippen molar-refractivity contribution in [3.8, 4) is 0 Å². The summed E-state index contributed by atoms with van der Waals surface area (Å²) in [5.41, 5.74) is 2.79. The Labute approximate surface area is 141 Å². The Balaban J connectivity index is 0.00000161. The maximum absolute atomic E-state index is 4.17. The van der Waals surface area contributed by atoms with E-state index in [9.17, 15) is 0 Å². The predicted octanol–water partition coefficient (Wildman–Crippen LogP) is 4.42. The van der Waals surface area contributed by atoms with Crippen molar-refractivity contribution < 1.29 is 0 Å².